The van der Waals surface area contributed by atoms with E-state index in [0.29, 0.717) is 6.42 Å². The minimum Gasteiger partial charge on any atom is -0.435 e. The molecule has 3 heteroatoms. The topological polar surface area (TPSA) is 35.5 Å². The Morgan fingerprint density at radius 3 is 2.32 bits per heavy atom. The first-order valence-corrected chi connectivity index (χ1v) is 6.78. The minimum absolute atomic E-state index is 0.120. The summed E-state index contributed by atoms with van der Waals surface area (Å²) in [5, 5.41) is 0. The lowest BCUT2D eigenvalue weighted by Crippen LogP contribution is -2.48. The number of carbonyl (C=O) groups excluding carboxylic acids is 1. The van der Waals surface area contributed by atoms with Crippen LogP contribution in [0.5, 0.6) is 0 Å². The van der Waals surface area contributed by atoms with Gasteiger partial charge in [0.05, 0.1) is 12.0 Å². The number of esters is 1. The van der Waals surface area contributed by atoms with Gasteiger partial charge in [-0.3, -0.25) is 4.79 Å². The molecular weight excluding hydrogens is 240 g/mol. The van der Waals surface area contributed by atoms with Gasteiger partial charge >= 0.3 is 5.97 Å². The standard InChI is InChI=1S/C16H22O3/c1-11-13(10-12-8-6-5-7-9-12)14(17)19-15(18-11)16(2,3)4/h5-9,11,13,15H,10H2,1-4H3/t11-,13+,15-/m1/s1. The molecule has 1 aliphatic rings. The fraction of sp³-hybridized carbons (Fsp3) is 0.562. The van der Waals surface area contributed by atoms with Gasteiger partial charge in [-0.05, 0) is 18.9 Å². The molecule has 0 spiro atoms. The fourth-order valence-electron chi connectivity index (χ4n) is 2.20. The van der Waals surface area contributed by atoms with Crippen molar-refractivity contribution in [3.8, 4) is 0 Å². The normalized spacial score (nSPS) is 28.0. The van der Waals surface area contributed by atoms with Crippen LogP contribution in [0.2, 0.25) is 0 Å². The number of ether oxygens (including phenoxy) is 2. The zero-order valence-corrected chi connectivity index (χ0v) is 12.1. The predicted octanol–water partition coefficient (Wildman–Crippen LogP) is 3.18. The molecule has 0 aromatic heterocycles. The third-order valence-corrected chi connectivity index (χ3v) is 3.44. The highest BCUT2D eigenvalue weighted by molar-refractivity contribution is 5.74. The molecule has 0 amide bonds. The fourth-order valence-corrected chi connectivity index (χ4v) is 2.20. The van der Waals surface area contributed by atoms with Crippen LogP contribution >= 0.6 is 0 Å². The quantitative estimate of drug-likeness (QED) is 0.768. The molecule has 0 radical (unpaired) electrons. The minimum atomic E-state index is -0.456. The van der Waals surface area contributed by atoms with Crippen LogP contribution < -0.4 is 0 Å². The molecule has 0 N–H and O–H groups in total. The SMILES string of the molecule is C[C@H]1O[C@@H](C(C)(C)C)OC(=O)[C@H]1Cc1ccccc1. The van der Waals surface area contributed by atoms with Gasteiger partial charge in [-0.1, -0.05) is 51.1 Å². The first-order chi connectivity index (χ1) is 8.88. The Hall–Kier alpha value is -1.35. The summed E-state index contributed by atoms with van der Waals surface area (Å²) in [6.07, 6.45) is 0.0882. The lowest BCUT2D eigenvalue weighted by Gasteiger charge is -2.39. The first kappa shape index (κ1) is 14.1. The number of benzene rings is 1. The average Bonchev–Trinajstić information content (AvgIpc) is 2.33. The monoisotopic (exact) mass is 262 g/mol. The second-order valence-electron chi connectivity index (χ2n) is 6.27. The second kappa shape index (κ2) is 5.33. The van der Waals surface area contributed by atoms with Gasteiger partial charge in [0, 0.05) is 5.41 Å². The number of rotatable bonds is 2. The Bertz CT molecular complexity index is 433. The van der Waals surface area contributed by atoms with Gasteiger partial charge in [0.2, 0.25) is 6.29 Å². The van der Waals surface area contributed by atoms with Crippen LogP contribution in [0, 0.1) is 11.3 Å². The number of cyclic esters (lactones) is 1. The van der Waals surface area contributed by atoms with Crippen molar-refractivity contribution in [2.45, 2.75) is 46.5 Å². The summed E-state index contributed by atoms with van der Waals surface area (Å²) in [6.45, 7) is 7.98. The zero-order valence-electron chi connectivity index (χ0n) is 12.1. The van der Waals surface area contributed by atoms with E-state index >= 15 is 0 Å². The highest BCUT2D eigenvalue weighted by atomic mass is 16.7. The Morgan fingerprint density at radius 2 is 1.79 bits per heavy atom. The Balaban J connectivity index is 2.06. The van der Waals surface area contributed by atoms with Gasteiger partial charge in [0.25, 0.3) is 0 Å². The van der Waals surface area contributed by atoms with Crippen molar-refractivity contribution in [1.29, 1.82) is 0 Å². The van der Waals surface area contributed by atoms with Crippen LogP contribution in [-0.2, 0) is 20.7 Å². The smallest absolute Gasteiger partial charge is 0.314 e. The van der Waals surface area contributed by atoms with E-state index in [9.17, 15) is 4.79 Å². The van der Waals surface area contributed by atoms with Crippen molar-refractivity contribution in [2.24, 2.45) is 11.3 Å². The lowest BCUT2D eigenvalue weighted by molar-refractivity contribution is -0.253. The van der Waals surface area contributed by atoms with E-state index in [-0.39, 0.29) is 23.4 Å². The molecule has 19 heavy (non-hydrogen) atoms. The summed E-state index contributed by atoms with van der Waals surface area (Å²) in [7, 11) is 0. The van der Waals surface area contributed by atoms with Gasteiger partial charge < -0.3 is 9.47 Å². The predicted molar refractivity (Wildman–Crippen MR) is 73.5 cm³/mol. The van der Waals surface area contributed by atoms with Crippen molar-refractivity contribution < 1.29 is 14.3 Å². The van der Waals surface area contributed by atoms with Crippen LogP contribution in [0.25, 0.3) is 0 Å². The van der Waals surface area contributed by atoms with Crippen LogP contribution in [0.15, 0.2) is 30.3 Å². The largest absolute Gasteiger partial charge is 0.435 e. The summed E-state index contributed by atoms with van der Waals surface area (Å²) in [6, 6.07) is 9.98. The molecule has 1 fully saturated rings. The van der Waals surface area contributed by atoms with Gasteiger partial charge in [-0.2, -0.15) is 0 Å². The van der Waals surface area contributed by atoms with Crippen molar-refractivity contribution in [1.82, 2.24) is 0 Å². The zero-order chi connectivity index (χ0) is 14.0. The maximum atomic E-state index is 12.2. The third-order valence-electron chi connectivity index (χ3n) is 3.44. The van der Waals surface area contributed by atoms with E-state index in [1.54, 1.807) is 0 Å². The molecule has 1 aromatic carbocycles. The maximum absolute atomic E-state index is 12.2. The molecule has 1 saturated heterocycles. The molecule has 3 atom stereocenters. The number of carbonyl (C=O) groups is 1. The molecular formula is C16H22O3. The molecule has 0 unspecified atom stereocenters. The van der Waals surface area contributed by atoms with E-state index in [0.717, 1.165) is 5.56 Å². The van der Waals surface area contributed by atoms with Gasteiger partial charge in [-0.25, -0.2) is 0 Å². The maximum Gasteiger partial charge on any atom is 0.314 e. The molecule has 0 saturated carbocycles. The Morgan fingerprint density at radius 1 is 1.16 bits per heavy atom. The van der Waals surface area contributed by atoms with Gasteiger partial charge in [-0.15, -0.1) is 0 Å². The molecule has 1 aliphatic heterocycles. The summed E-state index contributed by atoms with van der Waals surface area (Å²) < 4.78 is 11.3. The van der Waals surface area contributed by atoms with E-state index in [2.05, 4.69) is 0 Å². The Labute approximate surface area is 114 Å². The van der Waals surface area contributed by atoms with Crippen LogP contribution in [0.1, 0.15) is 33.3 Å². The molecule has 1 aromatic rings. The summed E-state index contributed by atoms with van der Waals surface area (Å²) >= 11 is 0. The first-order valence-electron chi connectivity index (χ1n) is 6.78. The molecule has 1 heterocycles. The highest BCUT2D eigenvalue weighted by Gasteiger charge is 2.41. The summed E-state index contributed by atoms with van der Waals surface area (Å²) in [5.74, 6) is -0.372. The van der Waals surface area contributed by atoms with E-state index in [1.807, 2.05) is 58.0 Å². The molecule has 0 bridgehead atoms. The van der Waals surface area contributed by atoms with E-state index < -0.39 is 6.29 Å². The van der Waals surface area contributed by atoms with Crippen molar-refractivity contribution in [3.63, 3.8) is 0 Å². The van der Waals surface area contributed by atoms with Crippen molar-refractivity contribution in [3.05, 3.63) is 35.9 Å². The molecule has 3 nitrogen and oxygen atoms in total. The second-order valence-corrected chi connectivity index (χ2v) is 6.27. The van der Waals surface area contributed by atoms with Crippen molar-refractivity contribution >= 4 is 5.97 Å². The van der Waals surface area contributed by atoms with Crippen LogP contribution in [-0.4, -0.2) is 18.4 Å². The third kappa shape index (κ3) is 3.35. The van der Waals surface area contributed by atoms with E-state index in [1.165, 1.54) is 0 Å². The molecule has 0 aliphatic carbocycles. The van der Waals surface area contributed by atoms with Gasteiger partial charge in [0.1, 0.15) is 0 Å². The number of hydrogen-bond acceptors (Lipinski definition) is 3. The highest BCUT2D eigenvalue weighted by Crippen LogP contribution is 2.32. The van der Waals surface area contributed by atoms with Crippen LogP contribution in [0.4, 0.5) is 0 Å². The number of hydrogen-bond donors (Lipinski definition) is 0. The Kier molecular flexibility index (Phi) is 3.95. The van der Waals surface area contributed by atoms with Crippen LogP contribution in [0.3, 0.4) is 0 Å². The lowest BCUT2D eigenvalue weighted by atomic mass is 9.91. The average molecular weight is 262 g/mol. The molecule has 2 rings (SSSR count). The van der Waals surface area contributed by atoms with Crippen molar-refractivity contribution in [2.75, 3.05) is 0 Å². The summed E-state index contributed by atoms with van der Waals surface area (Å²) in [5.41, 5.74) is 0.941. The van der Waals surface area contributed by atoms with E-state index in [4.69, 9.17) is 9.47 Å². The van der Waals surface area contributed by atoms with Gasteiger partial charge in [0.15, 0.2) is 0 Å². The molecule has 104 valence electrons. The summed E-state index contributed by atoms with van der Waals surface area (Å²) in [4.78, 5) is 12.2.